The zero-order valence-electron chi connectivity index (χ0n) is 19.5. The summed E-state index contributed by atoms with van der Waals surface area (Å²) in [7, 11) is 0. The number of aromatic nitrogens is 2. The van der Waals surface area contributed by atoms with Crippen molar-refractivity contribution in [2.75, 3.05) is 11.9 Å². The molecule has 37 heavy (non-hydrogen) atoms. The first-order valence-corrected chi connectivity index (χ1v) is 12.3. The van der Waals surface area contributed by atoms with Gasteiger partial charge in [-0.05, 0) is 71.5 Å². The highest BCUT2D eigenvalue weighted by atomic mass is 32.1. The highest BCUT2D eigenvalue weighted by molar-refractivity contribution is 7.19. The predicted molar refractivity (Wildman–Crippen MR) is 140 cm³/mol. The topological polar surface area (TPSA) is 63.8 Å². The largest absolute Gasteiger partial charge is 0.416 e. The number of rotatable bonds is 7. The Bertz CT molecular complexity index is 1510. The van der Waals surface area contributed by atoms with Crippen molar-refractivity contribution in [3.8, 4) is 21.7 Å². The van der Waals surface area contributed by atoms with E-state index in [1.165, 1.54) is 35.6 Å². The first-order chi connectivity index (χ1) is 17.8. The summed E-state index contributed by atoms with van der Waals surface area (Å²) >= 11 is 1.46. The van der Waals surface area contributed by atoms with E-state index >= 15 is 0 Å². The van der Waals surface area contributed by atoms with Crippen molar-refractivity contribution < 1.29 is 17.6 Å². The molecule has 5 rings (SSSR count). The van der Waals surface area contributed by atoms with E-state index in [0.717, 1.165) is 50.2 Å². The Kier molecular flexibility index (Phi) is 6.90. The predicted octanol–water partition coefficient (Wildman–Crippen LogP) is 7.17. The summed E-state index contributed by atoms with van der Waals surface area (Å²) in [5.41, 5.74) is 8.78. The van der Waals surface area contributed by atoms with Crippen molar-refractivity contribution in [2.45, 2.75) is 18.6 Å². The van der Waals surface area contributed by atoms with Crippen LogP contribution >= 0.6 is 11.3 Å². The number of alkyl halides is 3. The second-order valence-electron chi connectivity index (χ2n) is 8.68. The van der Waals surface area contributed by atoms with Gasteiger partial charge in [0.25, 0.3) is 0 Å². The van der Waals surface area contributed by atoms with Gasteiger partial charge >= 0.3 is 6.18 Å². The lowest BCUT2D eigenvalue weighted by Gasteiger charge is -2.13. The number of anilines is 1. The minimum Gasteiger partial charge on any atom is -0.360 e. The van der Waals surface area contributed by atoms with Gasteiger partial charge in [-0.25, -0.2) is 9.37 Å². The highest BCUT2D eigenvalue weighted by Crippen LogP contribution is 2.40. The third-order valence-corrected chi connectivity index (χ3v) is 7.00. The summed E-state index contributed by atoms with van der Waals surface area (Å²) in [5.74, 6) is -0.327. The van der Waals surface area contributed by atoms with Crippen LogP contribution in [-0.4, -0.2) is 22.6 Å². The lowest BCUT2D eigenvalue weighted by Crippen LogP contribution is -2.31. The average molecular weight is 523 g/mol. The van der Waals surface area contributed by atoms with Crippen LogP contribution in [0, 0.1) is 5.82 Å². The van der Waals surface area contributed by atoms with E-state index in [9.17, 15) is 17.6 Å². The second kappa shape index (κ2) is 10.3. The van der Waals surface area contributed by atoms with E-state index in [4.69, 9.17) is 10.7 Å². The minimum absolute atomic E-state index is 0.327. The van der Waals surface area contributed by atoms with Crippen LogP contribution in [0.1, 0.15) is 11.1 Å². The summed E-state index contributed by atoms with van der Waals surface area (Å²) in [5, 5.41) is 5.97. The number of nitrogens with one attached hydrogen (secondary N) is 1. The fraction of sp³-hybridized carbons (Fsp3) is 0.143. The first kappa shape index (κ1) is 24.9. The molecular formula is C28H22F4N4S. The first-order valence-electron chi connectivity index (χ1n) is 11.5. The summed E-state index contributed by atoms with van der Waals surface area (Å²) in [6.45, 7) is 0.375. The van der Waals surface area contributed by atoms with Crippen LogP contribution < -0.4 is 11.1 Å². The molecule has 0 spiro atoms. The lowest BCUT2D eigenvalue weighted by atomic mass is 10.0. The van der Waals surface area contributed by atoms with E-state index in [2.05, 4.69) is 16.4 Å². The number of benzene rings is 3. The van der Waals surface area contributed by atoms with E-state index in [1.54, 1.807) is 24.5 Å². The molecule has 3 N–H and O–H groups in total. The van der Waals surface area contributed by atoms with Crippen LogP contribution in [-0.2, 0) is 12.6 Å². The molecule has 0 aliphatic heterocycles. The molecule has 0 aliphatic carbocycles. The van der Waals surface area contributed by atoms with E-state index in [1.807, 2.05) is 18.2 Å². The Morgan fingerprint density at radius 3 is 2.35 bits per heavy atom. The van der Waals surface area contributed by atoms with Crippen molar-refractivity contribution in [3.05, 3.63) is 102 Å². The quantitative estimate of drug-likeness (QED) is 0.223. The molecule has 188 valence electrons. The summed E-state index contributed by atoms with van der Waals surface area (Å²) in [6.07, 6.45) is -0.412. The van der Waals surface area contributed by atoms with Crippen LogP contribution in [0.25, 0.3) is 32.5 Å². The number of nitrogens with two attached hydrogens (primary N) is 1. The zero-order chi connectivity index (χ0) is 26.0. The SMILES string of the molecule is NC(CNc1nc(-c2ccc(F)cc2)c(-c2ccc3cnccc3c2)s1)Cc1ccc(C(F)(F)F)cc1. The number of nitrogens with zero attached hydrogens (tertiary/aromatic N) is 2. The van der Waals surface area contributed by atoms with Crippen LogP contribution in [0.3, 0.4) is 0 Å². The molecule has 0 amide bonds. The Labute approximate surface area is 214 Å². The van der Waals surface area contributed by atoms with Gasteiger partial charge in [0.1, 0.15) is 5.82 Å². The maximum absolute atomic E-state index is 13.6. The third kappa shape index (κ3) is 5.79. The van der Waals surface area contributed by atoms with Gasteiger partial charge in [-0.1, -0.05) is 35.6 Å². The number of halogens is 4. The zero-order valence-corrected chi connectivity index (χ0v) is 20.3. The standard InChI is InChI=1S/C28H22F4N4S/c29-23-9-5-18(6-10-23)25-26(20-3-4-21-15-34-12-11-19(21)14-20)37-27(36-25)35-16-24(33)13-17-1-7-22(8-2-17)28(30,31)32/h1-12,14-15,24H,13,16,33H2,(H,35,36). The maximum atomic E-state index is 13.6. The van der Waals surface area contributed by atoms with Crippen molar-refractivity contribution >= 4 is 27.2 Å². The van der Waals surface area contributed by atoms with Gasteiger partial charge in [-0.3, -0.25) is 4.98 Å². The highest BCUT2D eigenvalue weighted by Gasteiger charge is 2.30. The van der Waals surface area contributed by atoms with E-state index in [0.29, 0.717) is 18.1 Å². The molecule has 9 heteroatoms. The van der Waals surface area contributed by atoms with Crippen LogP contribution in [0.2, 0.25) is 0 Å². The molecule has 0 bridgehead atoms. The average Bonchev–Trinajstić information content (AvgIpc) is 3.32. The molecule has 0 saturated carbocycles. The van der Waals surface area contributed by atoms with Gasteiger partial charge in [-0.15, -0.1) is 0 Å². The van der Waals surface area contributed by atoms with E-state index in [-0.39, 0.29) is 11.9 Å². The molecule has 0 radical (unpaired) electrons. The lowest BCUT2D eigenvalue weighted by molar-refractivity contribution is -0.137. The molecule has 0 aliphatic rings. The smallest absolute Gasteiger partial charge is 0.360 e. The normalized spacial score (nSPS) is 12.6. The second-order valence-corrected chi connectivity index (χ2v) is 9.68. The number of hydrogen-bond acceptors (Lipinski definition) is 5. The molecular weight excluding hydrogens is 500 g/mol. The van der Waals surface area contributed by atoms with E-state index < -0.39 is 11.7 Å². The number of pyridine rings is 1. The molecule has 4 nitrogen and oxygen atoms in total. The Morgan fingerprint density at radius 1 is 0.892 bits per heavy atom. The fourth-order valence-electron chi connectivity index (χ4n) is 4.04. The van der Waals surface area contributed by atoms with Crippen molar-refractivity contribution in [3.63, 3.8) is 0 Å². The molecule has 0 saturated heterocycles. The van der Waals surface area contributed by atoms with Gasteiger partial charge < -0.3 is 11.1 Å². The van der Waals surface area contributed by atoms with Crippen LogP contribution in [0.15, 0.2) is 85.2 Å². The minimum atomic E-state index is -4.37. The Balaban J connectivity index is 1.37. The monoisotopic (exact) mass is 522 g/mol. The van der Waals surface area contributed by atoms with Gasteiger partial charge in [0.2, 0.25) is 0 Å². The van der Waals surface area contributed by atoms with Crippen molar-refractivity contribution in [1.82, 2.24) is 9.97 Å². The molecule has 2 heterocycles. The summed E-state index contributed by atoms with van der Waals surface area (Å²) < 4.78 is 52.0. The molecule has 0 fully saturated rings. The molecule has 1 atom stereocenters. The number of thiazole rings is 1. The molecule has 2 aromatic heterocycles. The van der Waals surface area contributed by atoms with Gasteiger partial charge in [0.15, 0.2) is 5.13 Å². The Morgan fingerprint density at radius 2 is 1.62 bits per heavy atom. The van der Waals surface area contributed by atoms with Crippen molar-refractivity contribution in [1.29, 1.82) is 0 Å². The number of fused-ring (bicyclic) bond motifs is 1. The third-order valence-electron chi connectivity index (χ3n) is 5.94. The number of hydrogen-bond donors (Lipinski definition) is 2. The molecule has 5 aromatic rings. The van der Waals surface area contributed by atoms with Crippen LogP contribution in [0.5, 0.6) is 0 Å². The van der Waals surface area contributed by atoms with Gasteiger partial charge in [0, 0.05) is 35.9 Å². The van der Waals surface area contributed by atoms with Gasteiger partial charge in [-0.2, -0.15) is 13.2 Å². The van der Waals surface area contributed by atoms with Gasteiger partial charge in [0.05, 0.1) is 16.1 Å². The van der Waals surface area contributed by atoms with Crippen LogP contribution in [0.4, 0.5) is 22.7 Å². The summed E-state index contributed by atoms with van der Waals surface area (Å²) in [6, 6.07) is 18.9. The Hall–Kier alpha value is -3.82. The fourth-order valence-corrected chi connectivity index (χ4v) is 5.03. The van der Waals surface area contributed by atoms with Crippen molar-refractivity contribution in [2.24, 2.45) is 5.73 Å². The molecule has 3 aromatic carbocycles. The maximum Gasteiger partial charge on any atom is 0.416 e. The summed E-state index contributed by atoms with van der Waals surface area (Å²) in [4.78, 5) is 9.86. The molecule has 1 unspecified atom stereocenters.